The molecule has 0 saturated heterocycles. The smallest absolute Gasteiger partial charge is 0.139 e. The predicted octanol–water partition coefficient (Wildman–Crippen LogP) is 15.0. The maximum Gasteiger partial charge on any atom is 0.139 e. The van der Waals surface area contributed by atoms with Crippen LogP contribution < -0.4 is 0 Å². The Balaban J connectivity index is 0.000000262. The molecule has 0 aliphatic heterocycles. The summed E-state index contributed by atoms with van der Waals surface area (Å²) in [4.78, 5) is 9.19. The molecule has 0 N–H and O–H groups in total. The van der Waals surface area contributed by atoms with Crippen LogP contribution in [0.1, 0.15) is 60.3 Å². The predicted molar refractivity (Wildman–Crippen MR) is 245 cm³/mol. The van der Waals surface area contributed by atoms with Crippen LogP contribution in [0.2, 0.25) is 0 Å². The molecule has 10 rings (SSSR count). The van der Waals surface area contributed by atoms with E-state index in [1.165, 1.54) is 57.8 Å². The van der Waals surface area contributed by atoms with Crippen molar-refractivity contribution in [1.29, 1.82) is 0 Å². The zero-order chi connectivity index (χ0) is 43.8. The summed E-state index contributed by atoms with van der Waals surface area (Å²) in [6.45, 7) is 7.00. The van der Waals surface area contributed by atoms with Gasteiger partial charge in [-0.3, -0.25) is 4.98 Å². The van der Waals surface area contributed by atoms with Gasteiger partial charge in [0.25, 0.3) is 0 Å². The average Bonchev–Trinajstić information content (AvgIpc) is 3.88. The zero-order valence-corrected chi connectivity index (χ0v) is 36.6. The number of pyridine rings is 1. The Morgan fingerprint density at radius 3 is 2.00 bits per heavy atom. The Morgan fingerprint density at radius 2 is 1.36 bits per heavy atom. The number of imidazole rings is 1. The van der Waals surface area contributed by atoms with E-state index in [0.717, 1.165) is 56.1 Å². The summed E-state index contributed by atoms with van der Waals surface area (Å²) in [6, 6.07) is 58.7. The molecule has 1 radical (unpaired) electrons. The van der Waals surface area contributed by atoms with E-state index in [2.05, 4.69) is 165 Å². The Hall–Kier alpha value is -6.46. The number of rotatable bonds is 7. The van der Waals surface area contributed by atoms with Gasteiger partial charge in [0.15, 0.2) is 0 Å². The fourth-order valence-corrected chi connectivity index (χ4v) is 7.87. The van der Waals surface area contributed by atoms with Crippen LogP contribution in [0.4, 0.5) is 4.39 Å². The van der Waals surface area contributed by atoms with Crippen LogP contribution in [0.3, 0.4) is 0 Å². The second kappa shape index (κ2) is 17.6. The van der Waals surface area contributed by atoms with Crippen molar-refractivity contribution in [3.8, 4) is 50.6 Å². The van der Waals surface area contributed by atoms with Crippen molar-refractivity contribution in [1.82, 2.24) is 14.5 Å². The van der Waals surface area contributed by atoms with E-state index in [1.54, 1.807) is 6.07 Å². The van der Waals surface area contributed by atoms with E-state index in [9.17, 15) is 4.39 Å². The summed E-state index contributed by atoms with van der Waals surface area (Å²) < 4.78 is 43.4. The van der Waals surface area contributed by atoms with Crippen molar-refractivity contribution in [3.63, 3.8) is 0 Å². The largest absolute Gasteiger partial charge is 0.501 e. The summed E-state index contributed by atoms with van der Waals surface area (Å²) in [7, 11) is 0. The number of benzene rings is 7. The molecule has 10 aromatic rings. The van der Waals surface area contributed by atoms with E-state index in [0.29, 0.717) is 11.3 Å². The maximum absolute atomic E-state index is 12.7. The SMILES string of the molecule is CC(C)c1cc(-c2ccccc2)cc(C(C)C)c1-n1c(-c2[c-]ccc3c2oc2cc(-c4ccccc4)ccc23)nc2ccccc21.[2H]C([2H])([2H])c1c[c-]c(-c2ccc(F)cn2)cc1.[Ir]. The Bertz CT molecular complexity index is 3190. The fraction of sp³-hybridized carbons (Fsp3) is 0.127. The van der Waals surface area contributed by atoms with Gasteiger partial charge in [-0.05, 0) is 87.3 Å². The molecule has 0 aliphatic rings. The molecule has 0 bridgehead atoms. The first-order valence-corrected chi connectivity index (χ1v) is 20.2. The second-order valence-electron chi connectivity index (χ2n) is 15.6. The number of aromatic nitrogens is 3. The molecule has 3 heterocycles. The number of aryl methyl sites for hydroxylation is 1. The molecular formula is C55H44FIrN3O-2. The van der Waals surface area contributed by atoms with Crippen LogP contribution >= 0.6 is 0 Å². The third-order valence-corrected chi connectivity index (χ3v) is 10.9. The molecule has 0 spiro atoms. The third kappa shape index (κ3) is 8.22. The summed E-state index contributed by atoms with van der Waals surface area (Å²) in [6.07, 6.45) is 1.11. The molecule has 61 heavy (non-hydrogen) atoms. The van der Waals surface area contributed by atoms with Crippen molar-refractivity contribution >= 4 is 33.0 Å². The van der Waals surface area contributed by atoms with Gasteiger partial charge in [0.2, 0.25) is 0 Å². The van der Waals surface area contributed by atoms with Gasteiger partial charge in [-0.15, -0.1) is 53.6 Å². The summed E-state index contributed by atoms with van der Waals surface area (Å²) >= 11 is 0. The normalized spacial score (nSPS) is 12.2. The summed E-state index contributed by atoms with van der Waals surface area (Å²) in [5.41, 5.74) is 14.5. The molecule has 0 atom stereocenters. The zero-order valence-electron chi connectivity index (χ0n) is 37.2. The Morgan fingerprint density at radius 1 is 0.672 bits per heavy atom. The van der Waals surface area contributed by atoms with Gasteiger partial charge in [0.05, 0.1) is 28.6 Å². The molecule has 6 heteroatoms. The van der Waals surface area contributed by atoms with Gasteiger partial charge >= 0.3 is 0 Å². The number of fused-ring (bicyclic) bond motifs is 4. The van der Waals surface area contributed by atoms with Gasteiger partial charge in [-0.1, -0.05) is 136 Å². The molecule has 0 fully saturated rings. The van der Waals surface area contributed by atoms with Crippen LogP contribution in [0.25, 0.3) is 83.6 Å². The minimum atomic E-state index is -2.13. The first kappa shape index (κ1) is 37.5. The molecule has 3 aromatic heterocycles. The number of hydrogen-bond acceptors (Lipinski definition) is 3. The molecule has 0 aliphatic carbocycles. The minimum Gasteiger partial charge on any atom is -0.501 e. The van der Waals surface area contributed by atoms with E-state index < -0.39 is 12.7 Å². The van der Waals surface area contributed by atoms with Crippen LogP contribution in [-0.2, 0) is 20.1 Å². The van der Waals surface area contributed by atoms with Crippen LogP contribution in [0.15, 0.2) is 168 Å². The van der Waals surface area contributed by atoms with Crippen LogP contribution in [-0.4, -0.2) is 14.5 Å². The molecule has 0 amide bonds. The minimum absolute atomic E-state index is 0. The Kier molecular flexibility index (Phi) is 10.9. The van der Waals surface area contributed by atoms with Crippen molar-refractivity contribution < 1.29 is 33.0 Å². The molecular weight excluding hydrogens is 930 g/mol. The number of furan rings is 1. The molecule has 0 unspecified atom stereocenters. The van der Waals surface area contributed by atoms with E-state index >= 15 is 0 Å². The first-order valence-electron chi connectivity index (χ1n) is 21.7. The maximum atomic E-state index is 12.7. The van der Waals surface area contributed by atoms with Gasteiger partial charge in [-0.25, -0.2) is 4.39 Å². The summed E-state index contributed by atoms with van der Waals surface area (Å²) in [5.74, 6) is 0.998. The van der Waals surface area contributed by atoms with Gasteiger partial charge in [0.1, 0.15) is 11.4 Å². The van der Waals surface area contributed by atoms with Crippen LogP contribution in [0, 0.1) is 24.8 Å². The average molecular weight is 977 g/mol. The second-order valence-corrected chi connectivity index (χ2v) is 15.6. The van der Waals surface area contributed by atoms with Crippen molar-refractivity contribution in [3.05, 3.63) is 199 Å². The Labute approximate surface area is 374 Å². The number of nitrogens with zero attached hydrogens (tertiary/aromatic N) is 3. The van der Waals surface area contributed by atoms with E-state index in [1.807, 2.05) is 12.1 Å². The van der Waals surface area contributed by atoms with Gasteiger partial charge in [0, 0.05) is 35.3 Å². The quantitative estimate of drug-likeness (QED) is 0.150. The van der Waals surface area contributed by atoms with E-state index in [-0.39, 0.29) is 37.5 Å². The van der Waals surface area contributed by atoms with Crippen molar-refractivity contribution in [2.45, 2.75) is 46.4 Å². The molecule has 303 valence electrons. The van der Waals surface area contributed by atoms with Gasteiger partial charge in [-0.2, -0.15) is 0 Å². The van der Waals surface area contributed by atoms with Crippen molar-refractivity contribution in [2.24, 2.45) is 0 Å². The monoisotopic (exact) mass is 977 g/mol. The van der Waals surface area contributed by atoms with E-state index in [4.69, 9.17) is 13.5 Å². The number of hydrogen-bond donors (Lipinski definition) is 0. The van der Waals surface area contributed by atoms with Crippen LogP contribution in [0.5, 0.6) is 0 Å². The standard InChI is InChI=1S/C43H35N2O.C12H9FN.Ir/c1-27(2)36-24-32(30-16-9-6-10-17-30)25-37(28(3)4)41(36)45-39-21-12-11-20-38(39)44-43(45)35-19-13-18-34-33-23-22-31(26-40(33)46-42(34)35)29-14-7-5-8-15-29;1-9-2-4-10(5-3-9)12-7-6-11(13)8-14-12;/h5-18,20-28H,1-4H3;2-4,6-8H,1H3;/q2*-1;/i;1D3;. The van der Waals surface area contributed by atoms with Gasteiger partial charge < -0.3 is 14.0 Å². The van der Waals surface area contributed by atoms with Crippen molar-refractivity contribution in [2.75, 3.05) is 0 Å². The molecule has 7 aromatic carbocycles. The first-order chi connectivity index (χ1) is 30.4. The number of halogens is 1. The topological polar surface area (TPSA) is 43.9 Å². The number of para-hydroxylation sites is 2. The fourth-order valence-electron chi connectivity index (χ4n) is 7.87. The third-order valence-electron chi connectivity index (χ3n) is 10.9. The molecule has 4 nitrogen and oxygen atoms in total. The molecule has 0 saturated carbocycles. The summed E-state index contributed by atoms with van der Waals surface area (Å²) in [5, 5.41) is 2.15.